The number of anilines is 1. The Bertz CT molecular complexity index is 1250. The highest BCUT2D eigenvalue weighted by atomic mass is 16.5. The number of rotatable bonds is 5. The average molecular weight is 428 g/mol. The van der Waals surface area contributed by atoms with Crippen LogP contribution in [-0.2, 0) is 4.79 Å². The molecular weight excluding hydrogens is 404 g/mol. The van der Waals surface area contributed by atoms with Crippen LogP contribution in [0.25, 0.3) is 22.3 Å². The number of nitrogens with two attached hydrogens (primary N) is 1. The van der Waals surface area contributed by atoms with Crippen molar-refractivity contribution in [3.63, 3.8) is 0 Å². The first-order valence-electron chi connectivity index (χ1n) is 10.7. The SMILES string of the molecule is NCC(=O)Oc1cccc(N2CCC(n3cc(-c4cnc5ccccc5n4)cn3)CC2)c1. The molecule has 2 aromatic heterocycles. The summed E-state index contributed by atoms with van der Waals surface area (Å²) in [7, 11) is 0. The van der Waals surface area contributed by atoms with Crippen LogP contribution < -0.4 is 15.4 Å². The Labute approximate surface area is 185 Å². The number of carbonyl (C=O) groups is 1. The summed E-state index contributed by atoms with van der Waals surface area (Å²) in [4.78, 5) is 23.0. The van der Waals surface area contributed by atoms with E-state index in [4.69, 9.17) is 15.5 Å². The molecule has 1 aliphatic rings. The number of fused-ring (bicyclic) bond motifs is 1. The molecule has 0 bridgehead atoms. The van der Waals surface area contributed by atoms with Crippen LogP contribution in [0.5, 0.6) is 5.75 Å². The fourth-order valence-electron chi connectivity index (χ4n) is 4.07. The third kappa shape index (κ3) is 4.17. The van der Waals surface area contributed by atoms with Crippen molar-refractivity contribution < 1.29 is 9.53 Å². The first-order chi connectivity index (χ1) is 15.7. The third-order valence-electron chi connectivity index (χ3n) is 5.77. The zero-order valence-corrected chi connectivity index (χ0v) is 17.6. The van der Waals surface area contributed by atoms with E-state index in [1.807, 2.05) is 53.3 Å². The Hall–Kier alpha value is -3.78. The molecule has 2 N–H and O–H groups in total. The molecule has 4 aromatic rings. The van der Waals surface area contributed by atoms with Crippen LogP contribution in [0.15, 0.2) is 67.1 Å². The van der Waals surface area contributed by atoms with Crippen LogP contribution in [0.1, 0.15) is 18.9 Å². The Kier molecular flexibility index (Phi) is 5.51. The summed E-state index contributed by atoms with van der Waals surface area (Å²) in [5, 5.41) is 4.61. The first-order valence-corrected chi connectivity index (χ1v) is 10.7. The van der Waals surface area contributed by atoms with E-state index in [0.29, 0.717) is 11.8 Å². The van der Waals surface area contributed by atoms with Gasteiger partial charge in [-0.05, 0) is 37.1 Å². The summed E-state index contributed by atoms with van der Waals surface area (Å²) in [6, 6.07) is 15.8. The molecule has 5 rings (SSSR count). The molecule has 3 heterocycles. The number of carbonyl (C=O) groups excluding carboxylic acids is 1. The summed E-state index contributed by atoms with van der Waals surface area (Å²) in [6.07, 6.45) is 7.66. The largest absolute Gasteiger partial charge is 0.426 e. The van der Waals surface area contributed by atoms with Crippen LogP contribution in [0.2, 0.25) is 0 Å². The van der Waals surface area contributed by atoms with Crippen LogP contribution in [0.3, 0.4) is 0 Å². The predicted molar refractivity (Wildman–Crippen MR) is 122 cm³/mol. The Balaban J connectivity index is 1.25. The van der Waals surface area contributed by atoms with Crippen molar-refractivity contribution in [2.75, 3.05) is 24.5 Å². The molecule has 0 aliphatic carbocycles. The van der Waals surface area contributed by atoms with Crippen molar-refractivity contribution in [3.05, 3.63) is 67.1 Å². The molecule has 32 heavy (non-hydrogen) atoms. The summed E-state index contributed by atoms with van der Waals surface area (Å²) in [5.74, 6) is 0.0831. The van der Waals surface area contributed by atoms with Gasteiger partial charge in [-0.2, -0.15) is 5.10 Å². The van der Waals surface area contributed by atoms with Crippen LogP contribution in [-0.4, -0.2) is 45.4 Å². The normalized spacial score (nSPS) is 14.6. The molecule has 8 nitrogen and oxygen atoms in total. The Morgan fingerprint density at radius 3 is 2.69 bits per heavy atom. The quantitative estimate of drug-likeness (QED) is 0.385. The summed E-state index contributed by atoms with van der Waals surface area (Å²) in [5.41, 5.74) is 9.94. The van der Waals surface area contributed by atoms with Gasteiger partial charge in [-0.25, -0.2) is 4.98 Å². The maximum absolute atomic E-state index is 11.5. The minimum Gasteiger partial charge on any atom is -0.426 e. The van der Waals surface area contributed by atoms with E-state index < -0.39 is 5.97 Å². The van der Waals surface area contributed by atoms with E-state index in [-0.39, 0.29) is 6.54 Å². The van der Waals surface area contributed by atoms with Crippen molar-refractivity contribution in [3.8, 4) is 17.0 Å². The second kappa shape index (κ2) is 8.76. The lowest BCUT2D eigenvalue weighted by Crippen LogP contribution is -2.34. The summed E-state index contributed by atoms with van der Waals surface area (Å²) >= 11 is 0. The van der Waals surface area contributed by atoms with Gasteiger partial charge >= 0.3 is 5.97 Å². The number of esters is 1. The van der Waals surface area contributed by atoms with Crippen LogP contribution in [0, 0.1) is 0 Å². The highest BCUT2D eigenvalue weighted by Gasteiger charge is 2.22. The van der Waals surface area contributed by atoms with E-state index in [1.165, 1.54) is 0 Å². The van der Waals surface area contributed by atoms with E-state index in [9.17, 15) is 4.79 Å². The number of para-hydroxylation sites is 2. The molecular formula is C24H24N6O2. The van der Waals surface area contributed by atoms with E-state index in [0.717, 1.165) is 53.9 Å². The van der Waals surface area contributed by atoms with Crippen molar-refractivity contribution in [2.45, 2.75) is 18.9 Å². The second-order valence-corrected chi connectivity index (χ2v) is 7.85. The number of benzene rings is 2. The highest BCUT2D eigenvalue weighted by molar-refractivity contribution is 5.76. The maximum Gasteiger partial charge on any atom is 0.325 e. The van der Waals surface area contributed by atoms with Crippen molar-refractivity contribution in [2.24, 2.45) is 5.73 Å². The number of nitrogens with zero attached hydrogens (tertiary/aromatic N) is 5. The molecule has 2 aromatic carbocycles. The topological polar surface area (TPSA) is 99.2 Å². The fraction of sp³-hybridized carbons (Fsp3) is 0.250. The molecule has 1 saturated heterocycles. The van der Waals surface area contributed by atoms with Gasteiger partial charge in [-0.15, -0.1) is 0 Å². The number of piperidine rings is 1. The van der Waals surface area contributed by atoms with E-state index in [2.05, 4.69) is 21.2 Å². The van der Waals surface area contributed by atoms with Gasteiger partial charge in [-0.1, -0.05) is 18.2 Å². The van der Waals surface area contributed by atoms with Gasteiger partial charge in [-0.3, -0.25) is 14.5 Å². The highest BCUT2D eigenvalue weighted by Crippen LogP contribution is 2.29. The van der Waals surface area contributed by atoms with Gasteiger partial charge in [0.25, 0.3) is 0 Å². The molecule has 0 radical (unpaired) electrons. The standard InChI is InChI=1S/C24H24N6O2/c25-13-24(31)32-20-5-3-4-19(12-20)29-10-8-18(9-11-29)30-16-17(14-27-30)23-15-26-21-6-1-2-7-22(21)28-23/h1-7,12,14-16,18H,8-11,13,25H2. The Morgan fingerprint density at radius 2 is 1.88 bits per heavy atom. The summed E-state index contributed by atoms with van der Waals surface area (Å²) in [6.45, 7) is 1.65. The number of hydrogen-bond acceptors (Lipinski definition) is 7. The van der Waals surface area contributed by atoms with Crippen LogP contribution >= 0.6 is 0 Å². The predicted octanol–water partition coefficient (Wildman–Crippen LogP) is 3.20. The van der Waals surface area contributed by atoms with E-state index in [1.54, 1.807) is 12.3 Å². The molecule has 0 unspecified atom stereocenters. The van der Waals surface area contributed by atoms with Crippen molar-refractivity contribution in [1.82, 2.24) is 19.7 Å². The lowest BCUT2D eigenvalue weighted by Gasteiger charge is -2.33. The zero-order chi connectivity index (χ0) is 21.9. The smallest absolute Gasteiger partial charge is 0.325 e. The first kappa shape index (κ1) is 20.1. The maximum atomic E-state index is 11.5. The minimum absolute atomic E-state index is 0.133. The summed E-state index contributed by atoms with van der Waals surface area (Å²) < 4.78 is 7.29. The fourth-order valence-corrected chi connectivity index (χ4v) is 4.07. The van der Waals surface area contributed by atoms with Gasteiger partial charge in [0, 0.05) is 36.6 Å². The zero-order valence-electron chi connectivity index (χ0n) is 17.6. The third-order valence-corrected chi connectivity index (χ3v) is 5.77. The lowest BCUT2D eigenvalue weighted by atomic mass is 10.0. The molecule has 0 atom stereocenters. The van der Waals surface area contributed by atoms with Gasteiger partial charge in [0.1, 0.15) is 5.75 Å². The van der Waals surface area contributed by atoms with Gasteiger partial charge < -0.3 is 15.4 Å². The number of hydrogen-bond donors (Lipinski definition) is 1. The molecule has 8 heteroatoms. The van der Waals surface area contributed by atoms with Crippen molar-refractivity contribution in [1.29, 1.82) is 0 Å². The number of ether oxygens (including phenoxy) is 1. The minimum atomic E-state index is -0.438. The van der Waals surface area contributed by atoms with Gasteiger partial charge in [0.05, 0.1) is 41.7 Å². The van der Waals surface area contributed by atoms with E-state index >= 15 is 0 Å². The average Bonchev–Trinajstić information content (AvgIpc) is 3.34. The van der Waals surface area contributed by atoms with Crippen LogP contribution in [0.4, 0.5) is 5.69 Å². The molecule has 162 valence electrons. The van der Waals surface area contributed by atoms with Gasteiger partial charge in [0.2, 0.25) is 0 Å². The molecule has 1 aliphatic heterocycles. The lowest BCUT2D eigenvalue weighted by molar-refractivity contribution is -0.132. The Morgan fingerprint density at radius 1 is 1.06 bits per heavy atom. The number of aromatic nitrogens is 4. The molecule has 0 amide bonds. The van der Waals surface area contributed by atoms with Crippen molar-refractivity contribution >= 4 is 22.7 Å². The molecule has 1 fully saturated rings. The molecule has 0 spiro atoms. The van der Waals surface area contributed by atoms with Gasteiger partial charge in [0.15, 0.2) is 0 Å². The monoisotopic (exact) mass is 428 g/mol. The molecule has 0 saturated carbocycles. The second-order valence-electron chi connectivity index (χ2n) is 7.85.